The molecule has 1 rings (SSSR count). The van der Waals surface area contributed by atoms with Crippen molar-refractivity contribution in [2.75, 3.05) is 33.2 Å². The smallest absolute Gasteiger partial charge is 0.142 e. The Labute approximate surface area is 95.5 Å². The van der Waals surface area contributed by atoms with E-state index in [1.807, 2.05) is 31.1 Å². The summed E-state index contributed by atoms with van der Waals surface area (Å²) in [6, 6.07) is 3.73. The summed E-state index contributed by atoms with van der Waals surface area (Å²) in [7, 11) is 7.08. The molecule has 90 valence electrons. The predicted octanol–water partition coefficient (Wildman–Crippen LogP) is 1.25. The normalized spacial score (nSPS) is 10.1. The summed E-state index contributed by atoms with van der Waals surface area (Å²) in [5.41, 5.74) is 3.88. The van der Waals surface area contributed by atoms with E-state index in [1.54, 1.807) is 14.2 Å². The second-order valence-electron chi connectivity index (χ2n) is 3.57. The molecule has 0 aliphatic heterocycles. The Morgan fingerprint density at radius 1 is 1.19 bits per heavy atom. The van der Waals surface area contributed by atoms with Gasteiger partial charge in [0.1, 0.15) is 11.5 Å². The van der Waals surface area contributed by atoms with Crippen LogP contribution in [-0.4, -0.2) is 33.5 Å². The van der Waals surface area contributed by atoms with Crippen LogP contribution in [0.15, 0.2) is 12.1 Å². The maximum absolute atomic E-state index is 8.72. The van der Waals surface area contributed by atoms with Crippen LogP contribution >= 0.6 is 0 Å². The lowest BCUT2D eigenvalue weighted by Crippen LogP contribution is -2.12. The fourth-order valence-corrected chi connectivity index (χ4v) is 1.52. The first kappa shape index (κ1) is 12.6. The monoisotopic (exact) mass is 226 g/mol. The standard InChI is InChI=1S/C11H18N2O3/c1-13(2)9-6-10(15-3)8(7-12-14)5-11(9)16-4/h5-6,12,14H,7H2,1-4H3. The van der Waals surface area contributed by atoms with Crippen molar-refractivity contribution in [3.05, 3.63) is 17.7 Å². The Kier molecular flexibility index (Phi) is 4.39. The first-order valence-electron chi connectivity index (χ1n) is 4.93. The molecule has 0 unspecified atom stereocenters. The summed E-state index contributed by atoms with van der Waals surface area (Å²) in [5, 5.41) is 8.72. The maximum Gasteiger partial charge on any atom is 0.142 e. The Morgan fingerprint density at radius 2 is 1.81 bits per heavy atom. The molecule has 0 radical (unpaired) electrons. The lowest BCUT2D eigenvalue weighted by molar-refractivity contribution is 0.160. The van der Waals surface area contributed by atoms with E-state index in [-0.39, 0.29) is 0 Å². The molecule has 2 N–H and O–H groups in total. The van der Waals surface area contributed by atoms with Gasteiger partial charge in [-0.1, -0.05) is 0 Å². The van der Waals surface area contributed by atoms with Crippen LogP contribution in [0.4, 0.5) is 5.69 Å². The SMILES string of the molecule is COc1cc(N(C)C)c(OC)cc1CNO. The van der Waals surface area contributed by atoms with Gasteiger partial charge in [0, 0.05) is 32.3 Å². The minimum Gasteiger partial charge on any atom is -0.496 e. The Hall–Kier alpha value is -1.46. The van der Waals surface area contributed by atoms with E-state index >= 15 is 0 Å². The number of hydroxylamine groups is 1. The van der Waals surface area contributed by atoms with Crippen LogP contribution < -0.4 is 19.9 Å². The third-order valence-electron chi connectivity index (χ3n) is 2.33. The minimum atomic E-state index is 0.313. The average Bonchev–Trinajstić information content (AvgIpc) is 2.28. The highest BCUT2D eigenvalue weighted by atomic mass is 16.5. The highest BCUT2D eigenvalue weighted by Gasteiger charge is 2.12. The van der Waals surface area contributed by atoms with E-state index in [9.17, 15) is 0 Å². The van der Waals surface area contributed by atoms with Gasteiger partial charge in [0.05, 0.1) is 19.9 Å². The van der Waals surface area contributed by atoms with Crippen molar-refractivity contribution in [2.45, 2.75) is 6.54 Å². The van der Waals surface area contributed by atoms with Gasteiger partial charge in [-0.3, -0.25) is 0 Å². The van der Waals surface area contributed by atoms with Crippen molar-refractivity contribution >= 4 is 5.69 Å². The van der Waals surface area contributed by atoms with E-state index in [0.29, 0.717) is 12.3 Å². The maximum atomic E-state index is 8.72. The Morgan fingerprint density at radius 3 is 2.25 bits per heavy atom. The second-order valence-corrected chi connectivity index (χ2v) is 3.57. The number of hydrogen-bond acceptors (Lipinski definition) is 5. The van der Waals surface area contributed by atoms with Gasteiger partial charge in [-0.05, 0) is 6.07 Å². The van der Waals surface area contributed by atoms with Crippen molar-refractivity contribution < 1.29 is 14.7 Å². The number of hydrogen-bond donors (Lipinski definition) is 2. The number of rotatable bonds is 5. The van der Waals surface area contributed by atoms with Gasteiger partial charge in [-0.2, -0.15) is 0 Å². The zero-order valence-electron chi connectivity index (χ0n) is 10.1. The molecule has 5 heteroatoms. The molecule has 0 bridgehead atoms. The van der Waals surface area contributed by atoms with Crippen LogP contribution in [0.5, 0.6) is 11.5 Å². The van der Waals surface area contributed by atoms with Crippen LogP contribution in [0.2, 0.25) is 0 Å². The van der Waals surface area contributed by atoms with Crippen LogP contribution in [-0.2, 0) is 6.54 Å². The molecule has 0 saturated heterocycles. The summed E-state index contributed by atoms with van der Waals surface area (Å²) in [5.74, 6) is 1.46. The number of ether oxygens (including phenoxy) is 2. The molecular formula is C11H18N2O3. The van der Waals surface area contributed by atoms with Gasteiger partial charge < -0.3 is 19.6 Å². The zero-order chi connectivity index (χ0) is 12.1. The largest absolute Gasteiger partial charge is 0.496 e. The van der Waals surface area contributed by atoms with Crippen LogP contribution in [0, 0.1) is 0 Å². The molecule has 1 aromatic rings. The first-order chi connectivity index (χ1) is 7.63. The van der Waals surface area contributed by atoms with Gasteiger partial charge in [-0.15, -0.1) is 0 Å². The van der Waals surface area contributed by atoms with E-state index in [2.05, 4.69) is 5.48 Å². The summed E-state index contributed by atoms with van der Waals surface area (Å²) >= 11 is 0. The molecule has 0 heterocycles. The summed E-state index contributed by atoms with van der Waals surface area (Å²) in [6.07, 6.45) is 0. The lowest BCUT2D eigenvalue weighted by atomic mass is 10.1. The Balaban J connectivity index is 3.22. The van der Waals surface area contributed by atoms with Crippen molar-refractivity contribution in [3.63, 3.8) is 0 Å². The highest BCUT2D eigenvalue weighted by Crippen LogP contribution is 2.34. The summed E-state index contributed by atoms with van der Waals surface area (Å²) < 4.78 is 10.5. The number of nitrogens with one attached hydrogen (secondary N) is 1. The molecule has 0 fully saturated rings. The summed E-state index contributed by atoms with van der Waals surface area (Å²) in [4.78, 5) is 1.94. The highest BCUT2D eigenvalue weighted by molar-refractivity contribution is 5.63. The molecule has 0 spiro atoms. The van der Waals surface area contributed by atoms with Gasteiger partial charge in [0.25, 0.3) is 0 Å². The van der Waals surface area contributed by atoms with E-state index in [0.717, 1.165) is 17.0 Å². The van der Waals surface area contributed by atoms with Gasteiger partial charge >= 0.3 is 0 Å². The topological polar surface area (TPSA) is 54.0 Å². The van der Waals surface area contributed by atoms with Gasteiger partial charge in [0.2, 0.25) is 0 Å². The third-order valence-corrected chi connectivity index (χ3v) is 2.33. The third kappa shape index (κ3) is 2.56. The molecule has 0 aliphatic rings. The van der Waals surface area contributed by atoms with E-state index in [4.69, 9.17) is 14.7 Å². The predicted molar refractivity (Wildman–Crippen MR) is 62.5 cm³/mol. The molecule has 0 saturated carbocycles. The molecule has 1 aromatic carbocycles. The molecule has 0 amide bonds. The van der Waals surface area contributed by atoms with Crippen molar-refractivity contribution in [1.29, 1.82) is 0 Å². The van der Waals surface area contributed by atoms with Crippen molar-refractivity contribution in [1.82, 2.24) is 5.48 Å². The Bertz CT molecular complexity index is 353. The average molecular weight is 226 g/mol. The van der Waals surface area contributed by atoms with Crippen molar-refractivity contribution in [2.24, 2.45) is 0 Å². The van der Waals surface area contributed by atoms with E-state index < -0.39 is 0 Å². The van der Waals surface area contributed by atoms with Crippen LogP contribution in [0.3, 0.4) is 0 Å². The number of benzene rings is 1. The summed E-state index contributed by atoms with van der Waals surface area (Å²) in [6.45, 7) is 0.313. The molecule has 5 nitrogen and oxygen atoms in total. The number of nitrogens with zero attached hydrogens (tertiary/aromatic N) is 1. The lowest BCUT2D eigenvalue weighted by Gasteiger charge is -2.19. The fourth-order valence-electron chi connectivity index (χ4n) is 1.52. The van der Waals surface area contributed by atoms with Crippen LogP contribution in [0.25, 0.3) is 0 Å². The fraction of sp³-hybridized carbons (Fsp3) is 0.455. The first-order valence-corrected chi connectivity index (χ1v) is 4.93. The van der Waals surface area contributed by atoms with Crippen molar-refractivity contribution in [3.8, 4) is 11.5 Å². The van der Waals surface area contributed by atoms with E-state index in [1.165, 1.54) is 0 Å². The number of methoxy groups -OCH3 is 2. The zero-order valence-corrected chi connectivity index (χ0v) is 10.1. The van der Waals surface area contributed by atoms with Gasteiger partial charge in [0.15, 0.2) is 0 Å². The number of anilines is 1. The second kappa shape index (κ2) is 5.58. The minimum absolute atomic E-state index is 0.313. The molecule has 0 aromatic heterocycles. The molecular weight excluding hydrogens is 208 g/mol. The quantitative estimate of drug-likeness (QED) is 0.740. The molecule has 0 aliphatic carbocycles. The van der Waals surface area contributed by atoms with Gasteiger partial charge in [-0.25, -0.2) is 5.48 Å². The molecule has 0 atom stereocenters. The molecule has 16 heavy (non-hydrogen) atoms. The van der Waals surface area contributed by atoms with Crippen LogP contribution in [0.1, 0.15) is 5.56 Å².